The molecule has 33 heavy (non-hydrogen) atoms. The van der Waals surface area contributed by atoms with Crippen molar-refractivity contribution in [3.63, 3.8) is 0 Å². The fraction of sp³-hybridized carbons (Fsp3) is 0.500. The predicted octanol–water partition coefficient (Wildman–Crippen LogP) is 4.40. The van der Waals surface area contributed by atoms with Crippen LogP contribution in [0.15, 0.2) is 24.3 Å². The molecule has 1 aromatic rings. The van der Waals surface area contributed by atoms with Gasteiger partial charge in [0.25, 0.3) is 0 Å². The second kappa shape index (κ2) is 75.5. The van der Waals surface area contributed by atoms with E-state index in [4.69, 9.17) is 18.6 Å². The number of rotatable bonds is 0. The molecule has 1 saturated heterocycles. The number of hydrogen-bond donors (Lipinski definition) is 0. The van der Waals surface area contributed by atoms with E-state index in [1.165, 1.54) is 0 Å². The Morgan fingerprint density at radius 1 is 0.545 bits per heavy atom. The van der Waals surface area contributed by atoms with E-state index in [0.717, 1.165) is 11.5 Å². The third-order valence-electron chi connectivity index (χ3n) is 2.04. The molecule has 13 radical (unpaired) electrons. The number of hydrogen-bond acceptors (Lipinski definition) is 4. The molecule has 0 bridgehead atoms. The first-order valence-electron chi connectivity index (χ1n) is 5.91. The fourth-order valence-electron chi connectivity index (χ4n) is 1.23. The Kier molecular flexibility index (Phi) is 237. The molecule has 1 fully saturated rings. The van der Waals surface area contributed by atoms with E-state index in [2.05, 4.69) is 0 Å². The van der Waals surface area contributed by atoms with Gasteiger partial charge in [0.1, 0.15) is 18.3 Å². The van der Waals surface area contributed by atoms with Crippen molar-refractivity contribution in [1.29, 1.82) is 0 Å². The molecule has 0 atom stereocenters. The van der Waals surface area contributed by atoms with E-state index in [0.29, 0.717) is 6.79 Å². The summed E-state index contributed by atoms with van der Waals surface area (Å²) in [6.07, 6.45) is 0. The first-order chi connectivity index (χ1) is 8.25. The second-order valence-corrected chi connectivity index (χ2v) is 3.27. The zero-order valence-corrected chi connectivity index (χ0v) is 56.2. The number of para-hydroxylation sites is 2. The molecule has 0 saturated carbocycles. The van der Waals surface area contributed by atoms with Crippen LogP contribution in [0, 0.1) is 7.43 Å². The van der Waals surface area contributed by atoms with Crippen molar-refractivity contribution in [1.82, 2.24) is 0 Å². The molecule has 0 aromatic heterocycles. The first kappa shape index (κ1) is 103. The van der Waals surface area contributed by atoms with Crippen LogP contribution in [0.1, 0.15) is 28.7 Å². The van der Waals surface area contributed by atoms with Gasteiger partial charge < -0.3 is 26.0 Å². The Bertz CT molecular complexity index is 340. The van der Waals surface area contributed by atoms with Crippen LogP contribution in [0.25, 0.3) is 0 Å². The zero-order chi connectivity index (χ0) is 12.7. The Morgan fingerprint density at radius 2 is 0.758 bits per heavy atom. The summed E-state index contributed by atoms with van der Waals surface area (Å²) in [5, 5.41) is 0. The minimum absolute atomic E-state index is 0. The van der Waals surface area contributed by atoms with Gasteiger partial charge in [-0.05, 0) is 25.8 Å². The van der Waals surface area contributed by atoms with Crippen LogP contribution in [0.3, 0.4) is 0 Å². The quantitative estimate of drug-likeness (QED) is 0.286. The number of benzene rings is 1. The Morgan fingerprint density at radius 3 is 0.909 bits per heavy atom. The molecule has 0 aliphatic carbocycles. The molecule has 0 unspecified atom stereocenters. The molecule has 4 nitrogen and oxygen atoms in total. The summed E-state index contributed by atoms with van der Waals surface area (Å²) in [5.74, 6) is 1.69. The third kappa shape index (κ3) is 57.8. The Labute approximate surface area is 534 Å². The maximum atomic E-state index is 5.28. The largest absolute Gasteiger partial charge is 0.591 e. The summed E-state index contributed by atoms with van der Waals surface area (Å²) in [6.45, 7) is 8.23. The van der Waals surface area contributed by atoms with Crippen LogP contribution in [0.5, 0.6) is 11.5 Å². The standard InChI is InChI=1S/C7H7BO2.C2H5BO2.C2H6.2CH4.CH3.13Y/c1-8-9-6-4-2-3-5-7(6)10-8;1-3-4-2-5-3;1-2;;;;;;;;;;;;;;;;/h2-5H,1H3;2H2,1H3;1-2H3;2*1H4;1H3;;;;;;;;;;;;;/q;;;;;-1;;;;;;;;;;;;;. The monoisotopic (exact) mass is 1440 g/mol. The van der Waals surface area contributed by atoms with Gasteiger partial charge in [0.2, 0.25) is 0 Å². The first-order valence-corrected chi connectivity index (χ1v) is 5.91. The van der Waals surface area contributed by atoms with E-state index in [1.54, 1.807) is 0 Å². The van der Waals surface area contributed by atoms with Gasteiger partial charge in [0.15, 0.2) is 0 Å². The second-order valence-electron chi connectivity index (χ2n) is 3.27. The molecule has 2 heterocycles. The summed E-state index contributed by atoms with van der Waals surface area (Å²) >= 11 is 0. The molecular formula is C14H29B2O4Y13-. The molecule has 2 aliphatic heterocycles. The molecule has 0 spiro atoms. The SMILES string of the molecule is C.C.CB1OCO1.CB1Oc2ccccc2O1.CC.[CH3-].[Y].[Y].[Y].[Y].[Y].[Y].[Y].[Y].[Y].[Y].[Y].[Y].[Y]. The van der Waals surface area contributed by atoms with Crippen molar-refractivity contribution in [2.45, 2.75) is 42.3 Å². The molecule has 155 valence electrons. The van der Waals surface area contributed by atoms with Crippen molar-refractivity contribution < 1.29 is 444 Å². The zero-order valence-electron chi connectivity index (χ0n) is 19.3. The van der Waals surface area contributed by atoms with Gasteiger partial charge in [0.05, 0.1) is 0 Å². The summed E-state index contributed by atoms with van der Waals surface area (Å²) < 4.78 is 20.0. The summed E-state index contributed by atoms with van der Waals surface area (Å²) in [4.78, 5) is 0. The van der Waals surface area contributed by atoms with E-state index in [9.17, 15) is 0 Å². The summed E-state index contributed by atoms with van der Waals surface area (Å²) in [7, 11) is -0.0626. The van der Waals surface area contributed by atoms with Gasteiger partial charge in [-0.1, -0.05) is 40.8 Å². The smallest absolute Gasteiger partial charge is 0.523 e. The van der Waals surface area contributed by atoms with Crippen molar-refractivity contribution in [3.8, 4) is 11.5 Å². The van der Waals surface area contributed by atoms with Gasteiger partial charge in [0, 0.05) is 425 Å². The molecule has 0 N–H and O–H groups in total. The minimum atomic E-state index is -0.127. The van der Waals surface area contributed by atoms with Gasteiger partial charge in [-0.15, -0.1) is 0 Å². The third-order valence-corrected chi connectivity index (χ3v) is 2.04. The summed E-state index contributed by atoms with van der Waals surface area (Å²) in [5.41, 5.74) is 0. The van der Waals surface area contributed by atoms with Crippen LogP contribution in [-0.2, 0) is 435 Å². The topological polar surface area (TPSA) is 36.9 Å². The Hall–Kier alpha value is 13.2. The van der Waals surface area contributed by atoms with Crippen LogP contribution in [-0.4, -0.2) is 21.0 Å². The van der Waals surface area contributed by atoms with E-state index in [1.807, 2.05) is 51.8 Å². The predicted molar refractivity (Wildman–Crippen MR) is 89.2 cm³/mol. The molecular weight excluding hydrogens is 1410 g/mol. The van der Waals surface area contributed by atoms with Crippen molar-refractivity contribution in [2.75, 3.05) is 6.79 Å². The maximum absolute atomic E-state index is 5.28. The average Bonchev–Trinajstić information content (AvgIpc) is 2.70. The van der Waals surface area contributed by atoms with Crippen LogP contribution < -0.4 is 9.31 Å². The normalized spacial score (nSPS) is 7.76. The molecule has 1 aromatic carbocycles. The van der Waals surface area contributed by atoms with Gasteiger partial charge >= 0.3 is 14.2 Å². The van der Waals surface area contributed by atoms with Crippen LogP contribution in [0.4, 0.5) is 0 Å². The Balaban J connectivity index is -0.00000000837. The van der Waals surface area contributed by atoms with Gasteiger partial charge in [-0.25, -0.2) is 0 Å². The van der Waals surface area contributed by atoms with Crippen molar-refractivity contribution >= 4 is 14.2 Å². The summed E-state index contributed by atoms with van der Waals surface area (Å²) in [6, 6.07) is 7.66. The molecule has 19 heteroatoms. The molecule has 3 rings (SSSR count). The molecule has 0 amide bonds. The minimum Gasteiger partial charge on any atom is -0.523 e. The van der Waals surface area contributed by atoms with Crippen molar-refractivity contribution in [2.24, 2.45) is 0 Å². The van der Waals surface area contributed by atoms with E-state index < -0.39 is 0 Å². The average molecular weight is 1440 g/mol. The maximum Gasteiger partial charge on any atom is 0.591 e. The van der Waals surface area contributed by atoms with E-state index in [-0.39, 0.29) is 462 Å². The van der Waals surface area contributed by atoms with Gasteiger partial charge in [-0.3, -0.25) is 0 Å². The number of fused-ring (bicyclic) bond motifs is 1. The molecule has 2 aliphatic rings. The van der Waals surface area contributed by atoms with Crippen LogP contribution in [0.2, 0.25) is 13.6 Å². The van der Waals surface area contributed by atoms with E-state index >= 15 is 0 Å². The van der Waals surface area contributed by atoms with Crippen LogP contribution >= 0.6 is 0 Å². The van der Waals surface area contributed by atoms with Crippen molar-refractivity contribution in [3.05, 3.63) is 31.7 Å². The van der Waals surface area contributed by atoms with Gasteiger partial charge in [-0.2, -0.15) is 0 Å². The fourth-order valence-corrected chi connectivity index (χ4v) is 1.23.